The van der Waals surface area contributed by atoms with Crippen molar-refractivity contribution in [3.8, 4) is 11.8 Å². The van der Waals surface area contributed by atoms with Gasteiger partial charge in [0.1, 0.15) is 5.75 Å². The van der Waals surface area contributed by atoms with E-state index in [1.807, 2.05) is 0 Å². The number of hydrogen-bond acceptors (Lipinski definition) is 5. The standard InChI is InChI=1S/C16H13ClN2O3S/c1-9-6-12(13(22-2)7-11(9)17)19-16(21)10(8-18)15(20)14-4-3-5-23-14/h3-7,10H,1-2H3,(H,19,21). The van der Waals surface area contributed by atoms with Crippen LogP contribution in [0.3, 0.4) is 0 Å². The lowest BCUT2D eigenvalue weighted by atomic mass is 10.0. The van der Waals surface area contributed by atoms with Crippen molar-refractivity contribution in [2.24, 2.45) is 5.92 Å². The SMILES string of the molecule is COc1cc(Cl)c(C)cc1NC(=O)C(C#N)C(=O)c1cccs1. The van der Waals surface area contributed by atoms with E-state index in [2.05, 4.69) is 5.32 Å². The fourth-order valence-electron chi connectivity index (χ4n) is 1.93. The summed E-state index contributed by atoms with van der Waals surface area (Å²) >= 11 is 7.20. The number of amides is 1. The highest BCUT2D eigenvalue weighted by Gasteiger charge is 2.29. The number of carbonyl (C=O) groups is 2. The molecule has 23 heavy (non-hydrogen) atoms. The number of nitrogens with zero attached hydrogens (tertiary/aromatic N) is 1. The molecule has 1 atom stereocenters. The van der Waals surface area contributed by atoms with Gasteiger partial charge in [-0.3, -0.25) is 9.59 Å². The van der Waals surface area contributed by atoms with Crippen LogP contribution in [0.25, 0.3) is 0 Å². The summed E-state index contributed by atoms with van der Waals surface area (Å²) in [5.41, 5.74) is 1.10. The molecule has 0 aliphatic heterocycles. The molecule has 2 rings (SSSR count). The number of hydrogen-bond donors (Lipinski definition) is 1. The molecular formula is C16H13ClN2O3S. The van der Waals surface area contributed by atoms with E-state index in [4.69, 9.17) is 16.3 Å². The molecular weight excluding hydrogens is 336 g/mol. The largest absolute Gasteiger partial charge is 0.495 e. The number of anilines is 1. The number of halogens is 1. The maximum absolute atomic E-state index is 12.3. The van der Waals surface area contributed by atoms with Gasteiger partial charge in [0.15, 0.2) is 11.7 Å². The van der Waals surface area contributed by atoms with Gasteiger partial charge in [0.2, 0.25) is 5.91 Å². The lowest BCUT2D eigenvalue weighted by Gasteiger charge is -2.13. The number of nitrogens with one attached hydrogen (secondary N) is 1. The van der Waals surface area contributed by atoms with Crippen LogP contribution in [0.4, 0.5) is 5.69 Å². The molecule has 1 aromatic heterocycles. The van der Waals surface area contributed by atoms with Gasteiger partial charge in [-0.15, -0.1) is 11.3 Å². The van der Waals surface area contributed by atoms with Gasteiger partial charge < -0.3 is 10.1 Å². The zero-order valence-electron chi connectivity index (χ0n) is 12.4. The van der Waals surface area contributed by atoms with Gasteiger partial charge in [-0.05, 0) is 30.0 Å². The summed E-state index contributed by atoms with van der Waals surface area (Å²) in [7, 11) is 1.44. The summed E-state index contributed by atoms with van der Waals surface area (Å²) in [5, 5.41) is 14.0. The van der Waals surface area contributed by atoms with E-state index in [0.29, 0.717) is 21.3 Å². The molecule has 118 valence electrons. The predicted octanol–water partition coefficient (Wildman–Crippen LogP) is 3.68. The van der Waals surface area contributed by atoms with Crippen LogP contribution in [0.1, 0.15) is 15.2 Å². The Kier molecular flexibility index (Phi) is 5.37. The van der Waals surface area contributed by atoms with E-state index in [1.54, 1.807) is 42.6 Å². The minimum Gasteiger partial charge on any atom is -0.495 e. The van der Waals surface area contributed by atoms with Gasteiger partial charge in [0.05, 0.1) is 23.7 Å². The Labute approximate surface area is 142 Å². The molecule has 0 fully saturated rings. The molecule has 0 saturated carbocycles. The van der Waals surface area contributed by atoms with Crippen molar-refractivity contribution in [3.63, 3.8) is 0 Å². The number of benzene rings is 1. The zero-order valence-corrected chi connectivity index (χ0v) is 14.0. The van der Waals surface area contributed by atoms with Crippen molar-refractivity contribution >= 4 is 40.3 Å². The monoisotopic (exact) mass is 348 g/mol. The van der Waals surface area contributed by atoms with Gasteiger partial charge in [0.25, 0.3) is 0 Å². The van der Waals surface area contributed by atoms with E-state index < -0.39 is 17.6 Å². The topological polar surface area (TPSA) is 79.2 Å². The third-order valence-corrected chi connectivity index (χ3v) is 4.45. The Morgan fingerprint density at radius 1 is 1.43 bits per heavy atom. The highest BCUT2D eigenvalue weighted by Crippen LogP contribution is 2.31. The molecule has 1 aromatic carbocycles. The van der Waals surface area contributed by atoms with Crippen LogP contribution in [0.2, 0.25) is 5.02 Å². The highest BCUT2D eigenvalue weighted by molar-refractivity contribution is 7.12. The second kappa shape index (κ2) is 7.27. The predicted molar refractivity (Wildman–Crippen MR) is 89.1 cm³/mol. The van der Waals surface area contributed by atoms with Gasteiger partial charge in [-0.2, -0.15) is 5.26 Å². The van der Waals surface area contributed by atoms with Crippen molar-refractivity contribution in [2.45, 2.75) is 6.92 Å². The molecule has 1 N–H and O–H groups in total. The lowest BCUT2D eigenvalue weighted by Crippen LogP contribution is -2.28. The molecule has 0 aliphatic rings. The van der Waals surface area contributed by atoms with Crippen LogP contribution in [0.5, 0.6) is 5.75 Å². The summed E-state index contributed by atoms with van der Waals surface area (Å²) in [5.74, 6) is -2.29. The van der Waals surface area contributed by atoms with Crippen LogP contribution < -0.4 is 10.1 Å². The molecule has 0 aliphatic carbocycles. The van der Waals surface area contributed by atoms with Gasteiger partial charge in [-0.25, -0.2) is 0 Å². The van der Waals surface area contributed by atoms with Crippen molar-refractivity contribution in [3.05, 3.63) is 45.1 Å². The van der Waals surface area contributed by atoms with Crippen LogP contribution in [0, 0.1) is 24.2 Å². The number of nitriles is 1. The molecule has 1 unspecified atom stereocenters. The zero-order chi connectivity index (χ0) is 17.0. The molecule has 1 heterocycles. The number of ether oxygens (including phenoxy) is 1. The molecule has 0 bridgehead atoms. The third-order valence-electron chi connectivity index (χ3n) is 3.16. The maximum atomic E-state index is 12.3. The molecule has 0 saturated heterocycles. The first kappa shape index (κ1) is 17.0. The minimum atomic E-state index is -1.42. The van der Waals surface area contributed by atoms with E-state index in [1.165, 1.54) is 18.4 Å². The van der Waals surface area contributed by atoms with E-state index in [-0.39, 0.29) is 0 Å². The minimum absolute atomic E-state index is 0.356. The second-order valence-corrected chi connectivity index (χ2v) is 6.05. The van der Waals surface area contributed by atoms with Crippen molar-refractivity contribution in [1.29, 1.82) is 5.26 Å². The van der Waals surface area contributed by atoms with Crippen LogP contribution in [0.15, 0.2) is 29.6 Å². The van der Waals surface area contributed by atoms with Crippen LogP contribution in [-0.4, -0.2) is 18.8 Å². The smallest absolute Gasteiger partial charge is 0.249 e. The summed E-state index contributed by atoms with van der Waals surface area (Å²) in [6.07, 6.45) is 0. The normalized spacial score (nSPS) is 11.4. The molecule has 2 aromatic rings. The molecule has 5 nitrogen and oxygen atoms in total. The lowest BCUT2D eigenvalue weighted by molar-refractivity contribution is -0.117. The van der Waals surface area contributed by atoms with Crippen LogP contribution >= 0.6 is 22.9 Å². The van der Waals surface area contributed by atoms with Gasteiger partial charge >= 0.3 is 0 Å². The fourth-order valence-corrected chi connectivity index (χ4v) is 2.78. The van der Waals surface area contributed by atoms with E-state index >= 15 is 0 Å². The number of rotatable bonds is 5. The summed E-state index contributed by atoms with van der Waals surface area (Å²) in [4.78, 5) is 24.9. The number of Topliss-reactive ketones (excluding diaryl/α,β-unsaturated/α-hetero) is 1. The van der Waals surface area contributed by atoms with Gasteiger partial charge in [-0.1, -0.05) is 17.7 Å². The first-order valence-corrected chi connectivity index (χ1v) is 7.86. The average Bonchev–Trinajstić information content (AvgIpc) is 3.05. The number of methoxy groups -OCH3 is 1. The first-order valence-electron chi connectivity index (χ1n) is 6.60. The van der Waals surface area contributed by atoms with Crippen molar-refractivity contribution < 1.29 is 14.3 Å². The van der Waals surface area contributed by atoms with Gasteiger partial charge in [0, 0.05) is 11.1 Å². The highest BCUT2D eigenvalue weighted by atomic mass is 35.5. The molecule has 0 spiro atoms. The number of aryl methyl sites for hydroxylation is 1. The Morgan fingerprint density at radius 3 is 2.74 bits per heavy atom. The Morgan fingerprint density at radius 2 is 2.17 bits per heavy atom. The number of thiophene rings is 1. The van der Waals surface area contributed by atoms with E-state index in [9.17, 15) is 14.9 Å². The second-order valence-electron chi connectivity index (χ2n) is 4.69. The Hall–Kier alpha value is -2.36. The third kappa shape index (κ3) is 3.70. The van der Waals surface area contributed by atoms with Crippen molar-refractivity contribution in [2.75, 3.05) is 12.4 Å². The Bertz CT molecular complexity index is 781. The molecule has 1 amide bonds. The quantitative estimate of drug-likeness (QED) is 0.660. The van der Waals surface area contributed by atoms with Crippen molar-refractivity contribution in [1.82, 2.24) is 0 Å². The van der Waals surface area contributed by atoms with E-state index in [0.717, 1.165) is 5.56 Å². The number of ketones is 1. The molecule has 0 radical (unpaired) electrons. The van der Waals surface area contributed by atoms with Crippen LogP contribution in [-0.2, 0) is 4.79 Å². The summed E-state index contributed by atoms with van der Waals surface area (Å²) in [6, 6.07) is 8.22. The average molecular weight is 349 g/mol. The summed E-state index contributed by atoms with van der Waals surface area (Å²) < 4.78 is 5.16. The molecule has 7 heteroatoms. The summed E-state index contributed by atoms with van der Waals surface area (Å²) in [6.45, 7) is 1.77. The number of carbonyl (C=O) groups excluding carboxylic acids is 2. The fraction of sp³-hybridized carbons (Fsp3) is 0.188. The maximum Gasteiger partial charge on any atom is 0.249 e. The first-order chi connectivity index (χ1) is 11.0. The Balaban J connectivity index is 2.25.